The van der Waals surface area contributed by atoms with Crippen LogP contribution in [0.1, 0.15) is 10.4 Å². The van der Waals surface area contributed by atoms with E-state index in [9.17, 15) is 18.0 Å². The van der Waals surface area contributed by atoms with Gasteiger partial charge in [-0.1, -0.05) is 17.7 Å². The largest absolute Gasteiger partial charge is 0.504 e. The Balaban J connectivity index is 1.64. The van der Waals surface area contributed by atoms with Gasteiger partial charge in [0.1, 0.15) is 0 Å². The molecule has 1 aromatic heterocycles. The molecule has 3 rings (SSSR count). The lowest BCUT2D eigenvalue weighted by Gasteiger charge is -2.36. The van der Waals surface area contributed by atoms with E-state index >= 15 is 0 Å². The van der Waals surface area contributed by atoms with E-state index in [1.807, 2.05) is 18.2 Å². The standard InChI is InChI=1S/C15H14ClF3N4O/c16-12-2-1-3-13(8-12)21-4-6-22(7-5-21)14(24)11-9-20-23(10-11)15(17,18)19/h1-3,8-10H,4-7H2. The average Bonchev–Trinajstić information content (AvgIpc) is 3.04. The number of nitrogens with zero attached hydrogens (tertiary/aromatic N) is 4. The van der Waals surface area contributed by atoms with Gasteiger partial charge in [-0.05, 0) is 18.2 Å². The van der Waals surface area contributed by atoms with Crippen molar-refractivity contribution in [1.82, 2.24) is 14.7 Å². The molecule has 0 atom stereocenters. The maximum atomic E-state index is 12.5. The third-order valence-electron chi connectivity index (χ3n) is 3.83. The van der Waals surface area contributed by atoms with Crippen LogP contribution >= 0.6 is 11.6 Å². The summed E-state index contributed by atoms with van der Waals surface area (Å²) in [5, 5.41) is 3.82. The van der Waals surface area contributed by atoms with Crippen molar-refractivity contribution in [3.8, 4) is 0 Å². The molecule has 1 fully saturated rings. The van der Waals surface area contributed by atoms with Crippen LogP contribution in [0.2, 0.25) is 5.02 Å². The first-order chi connectivity index (χ1) is 11.3. The van der Waals surface area contributed by atoms with Crippen LogP contribution < -0.4 is 4.90 Å². The van der Waals surface area contributed by atoms with Crippen LogP contribution in [0.4, 0.5) is 18.9 Å². The maximum Gasteiger partial charge on any atom is 0.504 e. The molecule has 0 spiro atoms. The Kier molecular flexibility index (Phi) is 4.40. The summed E-state index contributed by atoms with van der Waals surface area (Å²) in [5.41, 5.74) is 0.892. The zero-order valence-electron chi connectivity index (χ0n) is 12.5. The van der Waals surface area contributed by atoms with Crippen molar-refractivity contribution >= 4 is 23.2 Å². The van der Waals surface area contributed by atoms with E-state index in [0.717, 1.165) is 11.9 Å². The molecule has 5 nitrogen and oxygen atoms in total. The first kappa shape index (κ1) is 16.6. The smallest absolute Gasteiger partial charge is 0.368 e. The first-order valence-corrected chi connectivity index (χ1v) is 7.64. The van der Waals surface area contributed by atoms with Crippen LogP contribution in [0.3, 0.4) is 0 Å². The summed E-state index contributed by atoms with van der Waals surface area (Å²) < 4.78 is 37.4. The van der Waals surface area contributed by atoms with Gasteiger partial charge in [0.25, 0.3) is 5.91 Å². The minimum atomic E-state index is -4.62. The molecule has 0 N–H and O–H groups in total. The van der Waals surface area contributed by atoms with Gasteiger partial charge >= 0.3 is 6.30 Å². The minimum absolute atomic E-state index is 0.0662. The molecule has 1 aromatic carbocycles. The van der Waals surface area contributed by atoms with Crippen molar-refractivity contribution in [2.45, 2.75) is 6.30 Å². The van der Waals surface area contributed by atoms with Crippen LogP contribution in [0, 0.1) is 0 Å². The minimum Gasteiger partial charge on any atom is -0.368 e. The van der Waals surface area contributed by atoms with Gasteiger partial charge in [0.15, 0.2) is 0 Å². The summed E-state index contributed by atoms with van der Waals surface area (Å²) in [6.07, 6.45) is -2.96. The van der Waals surface area contributed by atoms with Crippen LogP contribution in [0.5, 0.6) is 0 Å². The summed E-state index contributed by atoms with van der Waals surface area (Å²) in [5.74, 6) is -0.448. The number of alkyl halides is 3. The van der Waals surface area contributed by atoms with Crippen LogP contribution in [-0.4, -0.2) is 46.8 Å². The van der Waals surface area contributed by atoms with E-state index < -0.39 is 12.2 Å². The van der Waals surface area contributed by atoms with E-state index in [0.29, 0.717) is 37.4 Å². The predicted octanol–water partition coefficient (Wildman–Crippen LogP) is 2.98. The molecule has 1 aliphatic rings. The van der Waals surface area contributed by atoms with Crippen molar-refractivity contribution in [2.24, 2.45) is 0 Å². The van der Waals surface area contributed by atoms with Crippen LogP contribution in [-0.2, 0) is 6.30 Å². The molecule has 1 amide bonds. The number of hydrogen-bond acceptors (Lipinski definition) is 3. The molecule has 0 saturated carbocycles. The molecule has 2 heterocycles. The fourth-order valence-electron chi connectivity index (χ4n) is 2.60. The average molecular weight is 359 g/mol. The van der Waals surface area contributed by atoms with Crippen LogP contribution in [0.25, 0.3) is 0 Å². The Morgan fingerprint density at radius 2 is 1.88 bits per heavy atom. The number of halogens is 4. The van der Waals surface area contributed by atoms with Gasteiger partial charge in [-0.3, -0.25) is 4.79 Å². The molecule has 0 radical (unpaired) electrons. The lowest BCUT2D eigenvalue weighted by atomic mass is 10.2. The third-order valence-corrected chi connectivity index (χ3v) is 4.06. The molecule has 1 aliphatic heterocycles. The lowest BCUT2D eigenvalue weighted by molar-refractivity contribution is -0.212. The van der Waals surface area contributed by atoms with Crippen molar-refractivity contribution < 1.29 is 18.0 Å². The molecule has 0 aliphatic carbocycles. The summed E-state index contributed by atoms with van der Waals surface area (Å²) in [4.78, 5) is 15.9. The normalized spacial score (nSPS) is 15.7. The highest BCUT2D eigenvalue weighted by Crippen LogP contribution is 2.23. The molecular formula is C15H14ClF3N4O. The Hall–Kier alpha value is -2.22. The second-order valence-electron chi connectivity index (χ2n) is 5.40. The second-order valence-corrected chi connectivity index (χ2v) is 5.84. The van der Waals surface area contributed by atoms with Crippen molar-refractivity contribution in [3.05, 3.63) is 47.2 Å². The zero-order chi connectivity index (χ0) is 17.3. The summed E-state index contributed by atoms with van der Waals surface area (Å²) in [7, 11) is 0. The monoisotopic (exact) mass is 358 g/mol. The van der Waals surface area contributed by atoms with Gasteiger partial charge in [0.05, 0.1) is 11.8 Å². The zero-order valence-corrected chi connectivity index (χ0v) is 13.3. The van der Waals surface area contributed by atoms with E-state index in [4.69, 9.17) is 11.6 Å². The quantitative estimate of drug-likeness (QED) is 0.828. The Labute approximate surface area is 141 Å². The Morgan fingerprint density at radius 3 is 2.46 bits per heavy atom. The highest BCUT2D eigenvalue weighted by Gasteiger charge is 2.33. The van der Waals surface area contributed by atoms with Gasteiger partial charge < -0.3 is 9.80 Å². The molecule has 1 saturated heterocycles. The van der Waals surface area contributed by atoms with Gasteiger partial charge in [-0.2, -0.15) is 9.78 Å². The number of hydrogen-bond donors (Lipinski definition) is 0. The first-order valence-electron chi connectivity index (χ1n) is 7.26. The molecule has 0 unspecified atom stereocenters. The maximum absolute atomic E-state index is 12.5. The number of carbonyl (C=O) groups excluding carboxylic acids is 1. The summed E-state index contributed by atoms with van der Waals surface area (Å²) in [6.45, 7) is 2.00. The lowest BCUT2D eigenvalue weighted by Crippen LogP contribution is -2.48. The molecule has 0 bridgehead atoms. The second kappa shape index (κ2) is 6.35. The highest BCUT2D eigenvalue weighted by molar-refractivity contribution is 6.30. The number of carbonyl (C=O) groups is 1. The summed E-state index contributed by atoms with van der Waals surface area (Å²) in [6, 6.07) is 7.40. The SMILES string of the molecule is O=C(c1cnn(C(F)(F)F)c1)N1CCN(c2cccc(Cl)c2)CC1. The summed E-state index contributed by atoms with van der Waals surface area (Å²) >= 11 is 5.97. The van der Waals surface area contributed by atoms with Crippen molar-refractivity contribution in [1.29, 1.82) is 0 Å². The Bertz CT molecular complexity index is 738. The highest BCUT2D eigenvalue weighted by atomic mass is 35.5. The number of piperazine rings is 1. The molecule has 9 heteroatoms. The van der Waals surface area contributed by atoms with Crippen molar-refractivity contribution in [2.75, 3.05) is 31.1 Å². The number of anilines is 1. The van der Waals surface area contributed by atoms with E-state index in [1.54, 1.807) is 6.07 Å². The number of benzene rings is 1. The molecule has 2 aromatic rings. The molecular weight excluding hydrogens is 345 g/mol. The van der Waals surface area contributed by atoms with E-state index in [2.05, 4.69) is 10.00 Å². The van der Waals surface area contributed by atoms with Gasteiger partial charge in [0, 0.05) is 43.1 Å². The number of aromatic nitrogens is 2. The Morgan fingerprint density at radius 1 is 1.17 bits per heavy atom. The predicted molar refractivity (Wildman–Crippen MR) is 83.1 cm³/mol. The topological polar surface area (TPSA) is 41.4 Å². The fourth-order valence-corrected chi connectivity index (χ4v) is 2.78. The molecule has 128 valence electrons. The number of amides is 1. The van der Waals surface area contributed by atoms with Crippen LogP contribution in [0.15, 0.2) is 36.7 Å². The van der Waals surface area contributed by atoms with Gasteiger partial charge in [-0.15, -0.1) is 13.2 Å². The van der Waals surface area contributed by atoms with E-state index in [1.165, 1.54) is 4.90 Å². The van der Waals surface area contributed by atoms with E-state index in [-0.39, 0.29) is 10.2 Å². The third kappa shape index (κ3) is 3.48. The molecule has 24 heavy (non-hydrogen) atoms. The van der Waals surface area contributed by atoms with Gasteiger partial charge in [-0.25, -0.2) is 0 Å². The van der Waals surface area contributed by atoms with Gasteiger partial charge in [0.2, 0.25) is 0 Å². The number of rotatable bonds is 2. The fraction of sp³-hybridized carbons (Fsp3) is 0.333. The van der Waals surface area contributed by atoms with Crippen molar-refractivity contribution in [3.63, 3.8) is 0 Å².